The molecular formula is C36H40N2O6S2. The molecule has 0 radical (unpaired) electrons. The molecule has 0 saturated carbocycles. The lowest BCUT2D eigenvalue weighted by Crippen LogP contribution is -2.40. The Morgan fingerprint density at radius 1 is 0.565 bits per heavy atom. The number of nitrogens with zero attached hydrogens (tertiary/aromatic N) is 2. The predicted molar refractivity (Wildman–Crippen MR) is 182 cm³/mol. The lowest BCUT2D eigenvalue weighted by molar-refractivity contribution is 0.318. The van der Waals surface area contributed by atoms with Gasteiger partial charge in [0.1, 0.15) is 24.7 Å². The zero-order valence-corrected chi connectivity index (χ0v) is 27.8. The highest BCUT2D eigenvalue weighted by Crippen LogP contribution is 2.27. The Labute approximate surface area is 273 Å². The summed E-state index contributed by atoms with van der Waals surface area (Å²) in [5, 5.41) is 0. The van der Waals surface area contributed by atoms with Crippen LogP contribution in [0.5, 0.6) is 11.5 Å². The van der Waals surface area contributed by atoms with Gasteiger partial charge in [-0.2, -0.15) is 8.61 Å². The standard InChI is InChI=1S/C36H40N2O6S2/c1-5-25-43-35-13-9-7-11-31(35)27-37(45(39,40)33-19-15-29(3)16-20-33)23-24-38(46(41,42)34-21-17-30(4)18-22-34)28-32-12-8-10-14-36(32)44-26-6-2/h5-22H,1-2,23-28H2,3-4H3. The lowest BCUT2D eigenvalue weighted by Gasteiger charge is -2.28. The van der Waals surface area contributed by atoms with Gasteiger partial charge in [0.2, 0.25) is 20.0 Å². The van der Waals surface area contributed by atoms with E-state index in [0.29, 0.717) is 22.6 Å². The van der Waals surface area contributed by atoms with E-state index >= 15 is 0 Å². The smallest absolute Gasteiger partial charge is 0.243 e. The number of ether oxygens (including phenoxy) is 2. The molecule has 0 saturated heterocycles. The van der Waals surface area contributed by atoms with Crippen LogP contribution < -0.4 is 9.47 Å². The Bertz CT molecular complexity index is 1700. The summed E-state index contributed by atoms with van der Waals surface area (Å²) in [6.45, 7) is 11.3. The minimum absolute atomic E-state index is 0.0407. The van der Waals surface area contributed by atoms with Crippen molar-refractivity contribution in [2.24, 2.45) is 0 Å². The van der Waals surface area contributed by atoms with Gasteiger partial charge in [-0.05, 0) is 50.2 Å². The van der Waals surface area contributed by atoms with Gasteiger partial charge < -0.3 is 9.47 Å². The van der Waals surface area contributed by atoms with Crippen LogP contribution in [0.1, 0.15) is 22.3 Å². The summed E-state index contributed by atoms with van der Waals surface area (Å²) in [5.41, 5.74) is 3.11. The van der Waals surface area contributed by atoms with Crippen LogP contribution in [-0.4, -0.2) is 51.7 Å². The van der Waals surface area contributed by atoms with Crippen LogP contribution in [0.15, 0.2) is 132 Å². The third-order valence-corrected chi connectivity index (χ3v) is 11.0. The summed E-state index contributed by atoms with van der Waals surface area (Å²) in [6, 6.07) is 27.5. The molecule has 0 aliphatic carbocycles. The Morgan fingerprint density at radius 2 is 0.913 bits per heavy atom. The van der Waals surface area contributed by atoms with Gasteiger partial charge in [0.05, 0.1) is 9.79 Å². The van der Waals surface area contributed by atoms with E-state index in [0.717, 1.165) is 11.1 Å². The topological polar surface area (TPSA) is 93.2 Å². The quantitative estimate of drug-likeness (QED) is 0.120. The average Bonchev–Trinajstić information content (AvgIpc) is 3.05. The SMILES string of the molecule is C=CCOc1ccccc1CN(CCN(Cc1ccccc1OCC=C)S(=O)(=O)c1ccc(C)cc1)S(=O)(=O)c1ccc(C)cc1. The zero-order chi connectivity index (χ0) is 33.2. The van der Waals surface area contributed by atoms with Crippen LogP contribution in [0.2, 0.25) is 0 Å². The summed E-state index contributed by atoms with van der Waals surface area (Å²) >= 11 is 0. The van der Waals surface area contributed by atoms with Crippen LogP contribution >= 0.6 is 0 Å². The van der Waals surface area contributed by atoms with Gasteiger partial charge in [-0.1, -0.05) is 97.1 Å². The Hall–Kier alpha value is -4.22. The number of hydrogen-bond donors (Lipinski definition) is 0. The summed E-state index contributed by atoms with van der Waals surface area (Å²) in [7, 11) is -8.11. The molecule has 0 heterocycles. The monoisotopic (exact) mass is 660 g/mol. The van der Waals surface area contributed by atoms with Crippen molar-refractivity contribution in [2.45, 2.75) is 36.7 Å². The third kappa shape index (κ3) is 8.73. The van der Waals surface area contributed by atoms with Gasteiger partial charge in [0.25, 0.3) is 0 Å². The van der Waals surface area contributed by atoms with Crippen molar-refractivity contribution in [3.63, 3.8) is 0 Å². The van der Waals surface area contributed by atoms with Crippen LogP contribution in [0.3, 0.4) is 0 Å². The fourth-order valence-electron chi connectivity index (χ4n) is 4.74. The average molecular weight is 661 g/mol. The first-order valence-corrected chi connectivity index (χ1v) is 17.7. The largest absolute Gasteiger partial charge is 0.489 e. The van der Waals surface area contributed by atoms with E-state index in [1.54, 1.807) is 97.1 Å². The predicted octanol–water partition coefficient (Wildman–Crippen LogP) is 6.52. The molecule has 10 heteroatoms. The minimum Gasteiger partial charge on any atom is -0.489 e. The molecule has 46 heavy (non-hydrogen) atoms. The van der Waals surface area contributed by atoms with E-state index in [9.17, 15) is 16.8 Å². The molecule has 0 N–H and O–H groups in total. The van der Waals surface area contributed by atoms with Crippen LogP contribution in [0.25, 0.3) is 0 Å². The van der Waals surface area contributed by atoms with Crippen molar-refractivity contribution >= 4 is 20.0 Å². The van der Waals surface area contributed by atoms with Crippen LogP contribution in [-0.2, 0) is 33.1 Å². The molecule has 8 nitrogen and oxygen atoms in total. The van der Waals surface area contributed by atoms with Gasteiger partial charge in [-0.25, -0.2) is 16.8 Å². The second kappa shape index (κ2) is 15.9. The minimum atomic E-state index is -4.06. The summed E-state index contributed by atoms with van der Waals surface area (Å²) in [4.78, 5) is 0.220. The summed E-state index contributed by atoms with van der Waals surface area (Å²) in [6.07, 6.45) is 3.23. The molecule has 0 atom stereocenters. The highest BCUT2D eigenvalue weighted by Gasteiger charge is 2.30. The molecule has 4 aromatic rings. The van der Waals surface area contributed by atoms with E-state index < -0.39 is 20.0 Å². The molecule has 0 fully saturated rings. The van der Waals surface area contributed by atoms with Crippen LogP contribution in [0.4, 0.5) is 0 Å². The van der Waals surface area contributed by atoms with Crippen molar-refractivity contribution in [1.82, 2.24) is 8.61 Å². The number of sulfonamides is 2. The van der Waals surface area contributed by atoms with E-state index in [4.69, 9.17) is 9.47 Å². The molecule has 4 aromatic carbocycles. The molecule has 0 unspecified atom stereocenters. The maximum absolute atomic E-state index is 14.1. The maximum atomic E-state index is 14.1. The molecule has 4 rings (SSSR count). The molecule has 0 aliphatic rings. The molecule has 0 aromatic heterocycles. The van der Waals surface area contributed by atoms with Gasteiger partial charge in [0, 0.05) is 37.3 Å². The molecule has 0 bridgehead atoms. The normalized spacial score (nSPS) is 11.8. The number of para-hydroxylation sites is 2. The second-order valence-electron chi connectivity index (χ2n) is 10.7. The number of hydrogen-bond acceptors (Lipinski definition) is 6. The van der Waals surface area contributed by atoms with Gasteiger partial charge >= 0.3 is 0 Å². The van der Waals surface area contributed by atoms with Crippen molar-refractivity contribution in [3.8, 4) is 11.5 Å². The molecular weight excluding hydrogens is 621 g/mol. The fraction of sp³-hybridized carbons (Fsp3) is 0.222. The van der Waals surface area contributed by atoms with Gasteiger partial charge in [-0.3, -0.25) is 0 Å². The molecule has 0 aliphatic heterocycles. The lowest BCUT2D eigenvalue weighted by atomic mass is 10.2. The number of rotatable bonds is 17. The second-order valence-corrected chi connectivity index (χ2v) is 14.6. The zero-order valence-electron chi connectivity index (χ0n) is 26.2. The molecule has 0 spiro atoms. The Morgan fingerprint density at radius 3 is 1.26 bits per heavy atom. The highest BCUT2D eigenvalue weighted by molar-refractivity contribution is 7.89. The molecule has 242 valence electrons. The van der Waals surface area contributed by atoms with Crippen molar-refractivity contribution in [3.05, 3.63) is 145 Å². The molecule has 0 amide bonds. The van der Waals surface area contributed by atoms with E-state index in [1.807, 2.05) is 26.0 Å². The van der Waals surface area contributed by atoms with E-state index in [1.165, 1.54) is 8.61 Å². The Balaban J connectivity index is 1.75. The Kier molecular flexibility index (Phi) is 11.9. The van der Waals surface area contributed by atoms with E-state index in [2.05, 4.69) is 13.2 Å². The first-order valence-electron chi connectivity index (χ1n) is 14.8. The van der Waals surface area contributed by atoms with Crippen LogP contribution in [0, 0.1) is 13.8 Å². The van der Waals surface area contributed by atoms with Gasteiger partial charge in [0.15, 0.2) is 0 Å². The van der Waals surface area contributed by atoms with Crippen molar-refractivity contribution in [2.75, 3.05) is 26.3 Å². The summed E-state index contributed by atoms with van der Waals surface area (Å²) < 4.78 is 70.8. The van der Waals surface area contributed by atoms with E-state index in [-0.39, 0.29) is 49.2 Å². The third-order valence-electron chi connectivity index (χ3n) is 7.27. The van der Waals surface area contributed by atoms with Gasteiger partial charge in [-0.15, -0.1) is 0 Å². The van der Waals surface area contributed by atoms with Crippen molar-refractivity contribution < 1.29 is 26.3 Å². The first-order chi connectivity index (χ1) is 22.1. The first kappa shape index (κ1) is 34.6. The maximum Gasteiger partial charge on any atom is 0.243 e. The summed E-state index contributed by atoms with van der Waals surface area (Å²) in [5.74, 6) is 1.04. The highest BCUT2D eigenvalue weighted by atomic mass is 32.2. The number of aryl methyl sites for hydroxylation is 2. The number of benzene rings is 4. The van der Waals surface area contributed by atoms with Crippen molar-refractivity contribution in [1.29, 1.82) is 0 Å². The fourth-order valence-corrected chi connectivity index (χ4v) is 7.56.